The molecule has 0 aliphatic heterocycles. The molecule has 1 aromatic carbocycles. The van der Waals surface area contributed by atoms with E-state index in [1.165, 1.54) is 12.1 Å². The molecule has 1 aromatic rings. The third-order valence-electron chi connectivity index (χ3n) is 2.14. The predicted octanol–water partition coefficient (Wildman–Crippen LogP) is 2.68. The van der Waals surface area contributed by atoms with Gasteiger partial charge in [-0.05, 0) is 25.0 Å². The molecule has 2 nitrogen and oxygen atoms in total. The third kappa shape index (κ3) is 2.52. The summed E-state index contributed by atoms with van der Waals surface area (Å²) in [5.41, 5.74) is 0.00292. The normalized spacial score (nSPS) is 15.4. The van der Waals surface area contributed by atoms with Gasteiger partial charge in [0.15, 0.2) is 0 Å². The fourth-order valence-electron chi connectivity index (χ4n) is 1.23. The van der Waals surface area contributed by atoms with E-state index in [9.17, 15) is 13.6 Å². The zero-order valence-electron chi connectivity index (χ0n) is 7.95. The Bertz CT molecular complexity index is 373. The molecule has 1 aliphatic carbocycles. The number of carbonyl (C=O) groups excluding carboxylic acids is 1. The van der Waals surface area contributed by atoms with Gasteiger partial charge in [-0.15, -0.1) is 0 Å². The van der Waals surface area contributed by atoms with Crippen molar-refractivity contribution in [1.29, 1.82) is 0 Å². The van der Waals surface area contributed by atoms with Crippen LogP contribution in [0.25, 0.3) is 0 Å². The quantitative estimate of drug-likeness (QED) is 0.717. The Morgan fingerprint density at radius 3 is 2.73 bits per heavy atom. The summed E-state index contributed by atoms with van der Waals surface area (Å²) in [5.74, 6) is -0.666. The minimum Gasteiger partial charge on any atom is -0.490 e. The molecular formula is C11H10F2O2. The molecule has 1 fully saturated rings. The van der Waals surface area contributed by atoms with Crippen LogP contribution in [-0.2, 0) is 0 Å². The van der Waals surface area contributed by atoms with Gasteiger partial charge in [-0.3, -0.25) is 4.79 Å². The van der Waals surface area contributed by atoms with Gasteiger partial charge in [0.1, 0.15) is 5.75 Å². The topological polar surface area (TPSA) is 26.3 Å². The van der Waals surface area contributed by atoms with Crippen molar-refractivity contribution in [2.24, 2.45) is 0 Å². The van der Waals surface area contributed by atoms with Crippen LogP contribution in [0, 0.1) is 0 Å². The second-order valence-corrected chi connectivity index (χ2v) is 3.51. The molecule has 0 spiro atoms. The molecule has 80 valence electrons. The Hall–Kier alpha value is -1.45. The standard InChI is InChI=1S/C11H10F2O2/c12-11(13)10(14)7-2-1-3-9(6-7)15-8-4-5-8/h1-3,6,8,11H,4-5H2. The maximum Gasteiger partial charge on any atom is 0.300 e. The van der Waals surface area contributed by atoms with Gasteiger partial charge < -0.3 is 4.74 Å². The summed E-state index contributed by atoms with van der Waals surface area (Å²) in [6, 6.07) is 5.95. The molecule has 1 aliphatic rings. The maximum atomic E-state index is 12.1. The number of carbonyl (C=O) groups is 1. The monoisotopic (exact) mass is 212 g/mol. The minimum absolute atomic E-state index is 0.00292. The molecule has 0 amide bonds. The number of benzene rings is 1. The van der Waals surface area contributed by atoms with E-state index in [0.717, 1.165) is 12.8 Å². The second kappa shape index (κ2) is 3.96. The van der Waals surface area contributed by atoms with Crippen molar-refractivity contribution in [2.45, 2.75) is 25.4 Å². The highest BCUT2D eigenvalue weighted by atomic mass is 19.3. The van der Waals surface area contributed by atoms with Crippen LogP contribution in [0.5, 0.6) is 5.75 Å². The second-order valence-electron chi connectivity index (χ2n) is 3.51. The first-order valence-corrected chi connectivity index (χ1v) is 4.76. The van der Waals surface area contributed by atoms with Gasteiger partial charge in [-0.1, -0.05) is 12.1 Å². The lowest BCUT2D eigenvalue weighted by Crippen LogP contribution is -2.10. The smallest absolute Gasteiger partial charge is 0.300 e. The SMILES string of the molecule is O=C(c1cccc(OC2CC2)c1)C(F)F. The van der Waals surface area contributed by atoms with Crippen molar-refractivity contribution in [3.63, 3.8) is 0 Å². The molecule has 0 aromatic heterocycles. The summed E-state index contributed by atoms with van der Waals surface area (Å²) < 4.78 is 29.7. The summed E-state index contributed by atoms with van der Waals surface area (Å²) in [6.45, 7) is 0. The van der Waals surface area contributed by atoms with Crippen LogP contribution in [0.3, 0.4) is 0 Å². The lowest BCUT2D eigenvalue weighted by atomic mass is 10.1. The van der Waals surface area contributed by atoms with Crippen molar-refractivity contribution < 1.29 is 18.3 Å². The van der Waals surface area contributed by atoms with Gasteiger partial charge in [-0.25, -0.2) is 8.78 Å². The van der Waals surface area contributed by atoms with E-state index >= 15 is 0 Å². The Balaban J connectivity index is 2.13. The number of ether oxygens (including phenoxy) is 1. The highest BCUT2D eigenvalue weighted by molar-refractivity contribution is 5.98. The van der Waals surface area contributed by atoms with Gasteiger partial charge in [0, 0.05) is 5.56 Å². The van der Waals surface area contributed by atoms with E-state index in [1.54, 1.807) is 12.1 Å². The molecular weight excluding hydrogens is 202 g/mol. The van der Waals surface area contributed by atoms with Crippen LogP contribution in [0.1, 0.15) is 23.2 Å². The molecule has 15 heavy (non-hydrogen) atoms. The van der Waals surface area contributed by atoms with Crippen molar-refractivity contribution in [3.8, 4) is 5.75 Å². The summed E-state index contributed by atoms with van der Waals surface area (Å²) in [6.07, 6.45) is -0.775. The van der Waals surface area contributed by atoms with Gasteiger partial charge in [0.05, 0.1) is 6.10 Å². The number of rotatable bonds is 4. The van der Waals surface area contributed by atoms with E-state index in [1.807, 2.05) is 0 Å². The zero-order valence-corrected chi connectivity index (χ0v) is 7.95. The van der Waals surface area contributed by atoms with Gasteiger partial charge in [0.2, 0.25) is 5.78 Å². The molecule has 0 unspecified atom stereocenters. The van der Waals surface area contributed by atoms with E-state index in [4.69, 9.17) is 4.74 Å². The fraction of sp³-hybridized carbons (Fsp3) is 0.364. The molecule has 0 N–H and O–H groups in total. The largest absolute Gasteiger partial charge is 0.490 e. The van der Waals surface area contributed by atoms with Crippen LogP contribution < -0.4 is 4.74 Å². The van der Waals surface area contributed by atoms with E-state index in [2.05, 4.69) is 0 Å². The first-order valence-electron chi connectivity index (χ1n) is 4.76. The average molecular weight is 212 g/mol. The van der Waals surface area contributed by atoms with E-state index in [0.29, 0.717) is 5.75 Å². The van der Waals surface area contributed by atoms with E-state index < -0.39 is 12.2 Å². The highest BCUT2D eigenvalue weighted by Crippen LogP contribution is 2.27. The summed E-state index contributed by atoms with van der Waals surface area (Å²) in [4.78, 5) is 11.0. The van der Waals surface area contributed by atoms with Crippen molar-refractivity contribution in [3.05, 3.63) is 29.8 Å². The third-order valence-corrected chi connectivity index (χ3v) is 2.14. The first kappa shape index (κ1) is 10.1. The Labute approximate surface area is 85.9 Å². The van der Waals surface area contributed by atoms with Gasteiger partial charge >= 0.3 is 6.43 Å². The van der Waals surface area contributed by atoms with E-state index in [-0.39, 0.29) is 11.7 Å². The highest BCUT2D eigenvalue weighted by Gasteiger charge is 2.24. The molecule has 2 rings (SSSR count). The van der Waals surface area contributed by atoms with Gasteiger partial charge in [-0.2, -0.15) is 0 Å². The number of hydrogen-bond donors (Lipinski definition) is 0. The van der Waals surface area contributed by atoms with Crippen molar-refractivity contribution in [2.75, 3.05) is 0 Å². The Morgan fingerprint density at radius 1 is 1.40 bits per heavy atom. The lowest BCUT2D eigenvalue weighted by molar-refractivity contribution is 0.0678. The van der Waals surface area contributed by atoms with Crippen LogP contribution in [-0.4, -0.2) is 18.3 Å². The van der Waals surface area contributed by atoms with Crippen LogP contribution in [0.4, 0.5) is 8.78 Å². The molecule has 0 radical (unpaired) electrons. The minimum atomic E-state index is -2.96. The Morgan fingerprint density at radius 2 is 2.13 bits per heavy atom. The number of Topliss-reactive ketones (excluding diaryl/α,β-unsaturated/α-hetero) is 1. The fourth-order valence-corrected chi connectivity index (χ4v) is 1.23. The first-order chi connectivity index (χ1) is 7.16. The van der Waals surface area contributed by atoms with Crippen LogP contribution in [0.15, 0.2) is 24.3 Å². The zero-order chi connectivity index (χ0) is 10.8. The van der Waals surface area contributed by atoms with Crippen LogP contribution >= 0.6 is 0 Å². The number of alkyl halides is 2. The van der Waals surface area contributed by atoms with Gasteiger partial charge in [0.25, 0.3) is 0 Å². The number of ketones is 1. The maximum absolute atomic E-state index is 12.1. The molecule has 0 bridgehead atoms. The molecule has 4 heteroatoms. The summed E-state index contributed by atoms with van der Waals surface area (Å²) >= 11 is 0. The lowest BCUT2D eigenvalue weighted by Gasteiger charge is -2.05. The Kier molecular flexibility index (Phi) is 2.66. The molecule has 1 saturated carbocycles. The molecule has 0 saturated heterocycles. The molecule has 0 heterocycles. The predicted molar refractivity (Wildman–Crippen MR) is 50.4 cm³/mol. The average Bonchev–Trinajstić information content (AvgIpc) is 3.01. The van der Waals surface area contributed by atoms with Crippen LogP contribution in [0.2, 0.25) is 0 Å². The molecule has 0 atom stereocenters. The summed E-state index contributed by atoms with van der Waals surface area (Å²) in [7, 11) is 0. The number of halogens is 2. The number of hydrogen-bond acceptors (Lipinski definition) is 2. The van der Waals surface area contributed by atoms with Crippen molar-refractivity contribution in [1.82, 2.24) is 0 Å². The van der Waals surface area contributed by atoms with Crippen molar-refractivity contribution >= 4 is 5.78 Å². The summed E-state index contributed by atoms with van der Waals surface area (Å²) in [5, 5.41) is 0.